The molecule has 1 aliphatic rings. The highest BCUT2D eigenvalue weighted by Gasteiger charge is 2.34. The van der Waals surface area contributed by atoms with Crippen molar-refractivity contribution in [1.29, 1.82) is 0 Å². The molecule has 0 atom stereocenters. The molecule has 142 valence electrons. The van der Waals surface area contributed by atoms with Gasteiger partial charge in [0.15, 0.2) is 0 Å². The van der Waals surface area contributed by atoms with Gasteiger partial charge in [-0.1, -0.05) is 23.7 Å². The highest BCUT2D eigenvalue weighted by molar-refractivity contribution is 6.29. The highest BCUT2D eigenvalue weighted by atomic mass is 35.5. The molecule has 1 aliphatic heterocycles. The van der Waals surface area contributed by atoms with Crippen LogP contribution in [0.15, 0.2) is 48.8 Å². The number of benzene rings is 1. The molecule has 2 amide bonds. The minimum atomic E-state index is -0.197. The average molecular weight is 395 g/mol. The number of unbranched alkanes of at least 4 members (excludes halogenated alkanes) is 1. The van der Waals surface area contributed by atoms with Gasteiger partial charge in [0.25, 0.3) is 11.8 Å². The standard InChI is InChI=1S/C21H19ClN4O2/c1-14-24-18(15-8-9-19(22)23-12-15)13-25(14)10-4-5-11-26-20(27)16-6-2-3-7-17(16)21(26)28/h2-3,6-9,12-13H,4-5,10-11H2,1H3. The fourth-order valence-electron chi connectivity index (χ4n) is 3.40. The molecule has 1 aromatic carbocycles. The molecule has 0 spiro atoms. The van der Waals surface area contributed by atoms with Crippen molar-refractivity contribution in [2.75, 3.05) is 6.54 Å². The molecule has 0 aliphatic carbocycles. The molecule has 28 heavy (non-hydrogen) atoms. The van der Waals surface area contributed by atoms with Crippen LogP contribution in [0, 0.1) is 6.92 Å². The second kappa shape index (κ2) is 7.56. The molecular formula is C21H19ClN4O2. The Labute approximate surface area is 167 Å². The van der Waals surface area contributed by atoms with Crippen molar-refractivity contribution in [3.8, 4) is 11.3 Å². The predicted octanol–water partition coefficient (Wildman–Crippen LogP) is 3.98. The van der Waals surface area contributed by atoms with E-state index in [-0.39, 0.29) is 11.8 Å². The van der Waals surface area contributed by atoms with Crippen molar-refractivity contribution >= 4 is 23.4 Å². The van der Waals surface area contributed by atoms with Crippen LogP contribution in [0.2, 0.25) is 5.15 Å². The third kappa shape index (κ3) is 3.43. The van der Waals surface area contributed by atoms with Gasteiger partial charge in [0, 0.05) is 31.0 Å². The number of aryl methyl sites for hydroxylation is 2. The molecular weight excluding hydrogens is 376 g/mol. The van der Waals surface area contributed by atoms with E-state index in [9.17, 15) is 9.59 Å². The van der Waals surface area contributed by atoms with Crippen LogP contribution in [0.25, 0.3) is 11.3 Å². The van der Waals surface area contributed by atoms with Gasteiger partial charge in [0.05, 0.1) is 16.8 Å². The van der Waals surface area contributed by atoms with E-state index >= 15 is 0 Å². The monoisotopic (exact) mass is 394 g/mol. The van der Waals surface area contributed by atoms with E-state index in [0.29, 0.717) is 22.8 Å². The maximum absolute atomic E-state index is 12.4. The number of hydrogen-bond acceptors (Lipinski definition) is 4. The molecule has 7 heteroatoms. The summed E-state index contributed by atoms with van der Waals surface area (Å²) in [4.78, 5) is 34.8. The first-order valence-corrected chi connectivity index (χ1v) is 9.53. The summed E-state index contributed by atoms with van der Waals surface area (Å²) in [6.45, 7) is 3.15. The predicted molar refractivity (Wildman–Crippen MR) is 106 cm³/mol. The number of imide groups is 1. The van der Waals surface area contributed by atoms with Crippen LogP contribution in [-0.4, -0.2) is 37.8 Å². The van der Waals surface area contributed by atoms with Gasteiger partial charge in [0.2, 0.25) is 0 Å². The number of hydrogen-bond donors (Lipinski definition) is 0. The lowest BCUT2D eigenvalue weighted by atomic mass is 10.1. The topological polar surface area (TPSA) is 68.1 Å². The molecule has 0 fully saturated rings. The second-order valence-corrected chi connectivity index (χ2v) is 7.14. The minimum Gasteiger partial charge on any atom is -0.335 e. The Bertz CT molecular complexity index is 1010. The molecule has 3 heterocycles. The lowest BCUT2D eigenvalue weighted by Crippen LogP contribution is -2.30. The normalized spacial score (nSPS) is 13.3. The van der Waals surface area contributed by atoms with Crippen LogP contribution in [-0.2, 0) is 6.54 Å². The summed E-state index contributed by atoms with van der Waals surface area (Å²) in [5, 5.41) is 0.452. The van der Waals surface area contributed by atoms with Crippen LogP contribution in [0.5, 0.6) is 0 Å². The smallest absolute Gasteiger partial charge is 0.261 e. The van der Waals surface area contributed by atoms with Gasteiger partial charge in [-0.15, -0.1) is 0 Å². The number of rotatable bonds is 6. The van der Waals surface area contributed by atoms with Gasteiger partial charge in [-0.3, -0.25) is 14.5 Å². The Morgan fingerprint density at radius 2 is 1.64 bits per heavy atom. The van der Waals surface area contributed by atoms with Crippen molar-refractivity contribution in [1.82, 2.24) is 19.4 Å². The number of aromatic nitrogens is 3. The molecule has 4 rings (SSSR count). The molecule has 2 aromatic heterocycles. The maximum atomic E-state index is 12.4. The lowest BCUT2D eigenvalue weighted by molar-refractivity contribution is 0.0651. The van der Waals surface area contributed by atoms with Crippen molar-refractivity contribution in [3.63, 3.8) is 0 Å². The first-order chi connectivity index (χ1) is 13.5. The lowest BCUT2D eigenvalue weighted by Gasteiger charge is -2.13. The third-order valence-electron chi connectivity index (χ3n) is 4.91. The Hall–Kier alpha value is -2.99. The zero-order chi connectivity index (χ0) is 19.7. The molecule has 3 aromatic rings. The molecule has 6 nitrogen and oxygen atoms in total. The van der Waals surface area contributed by atoms with Crippen molar-refractivity contribution in [3.05, 3.63) is 70.9 Å². The van der Waals surface area contributed by atoms with E-state index in [1.165, 1.54) is 4.90 Å². The number of carbonyl (C=O) groups is 2. The van der Waals surface area contributed by atoms with Crippen LogP contribution in [0.4, 0.5) is 0 Å². The Balaban J connectivity index is 1.35. The molecule has 0 unspecified atom stereocenters. The summed E-state index contributed by atoms with van der Waals surface area (Å²) >= 11 is 5.84. The molecule has 0 saturated carbocycles. The van der Waals surface area contributed by atoms with Gasteiger partial charge in [-0.2, -0.15) is 0 Å². The van der Waals surface area contributed by atoms with E-state index < -0.39 is 0 Å². The molecule has 0 saturated heterocycles. The zero-order valence-electron chi connectivity index (χ0n) is 15.4. The third-order valence-corrected chi connectivity index (χ3v) is 5.13. The van der Waals surface area contributed by atoms with Gasteiger partial charge in [0.1, 0.15) is 11.0 Å². The number of amides is 2. The van der Waals surface area contributed by atoms with Crippen LogP contribution in [0.1, 0.15) is 39.4 Å². The Morgan fingerprint density at radius 3 is 2.29 bits per heavy atom. The SMILES string of the molecule is Cc1nc(-c2ccc(Cl)nc2)cn1CCCCN1C(=O)c2ccccc2C1=O. The van der Waals surface area contributed by atoms with Gasteiger partial charge in [-0.25, -0.2) is 9.97 Å². The maximum Gasteiger partial charge on any atom is 0.261 e. The fourth-order valence-corrected chi connectivity index (χ4v) is 3.51. The molecule has 0 radical (unpaired) electrons. The van der Waals surface area contributed by atoms with E-state index in [1.807, 2.05) is 19.2 Å². The largest absolute Gasteiger partial charge is 0.335 e. The number of pyridine rings is 1. The highest BCUT2D eigenvalue weighted by Crippen LogP contribution is 2.23. The van der Waals surface area contributed by atoms with Gasteiger partial charge < -0.3 is 4.57 Å². The van der Waals surface area contributed by atoms with Crippen molar-refractivity contribution in [2.24, 2.45) is 0 Å². The number of nitrogens with zero attached hydrogens (tertiary/aromatic N) is 4. The summed E-state index contributed by atoms with van der Waals surface area (Å²) in [5.41, 5.74) is 2.76. The Morgan fingerprint density at radius 1 is 0.964 bits per heavy atom. The quantitative estimate of drug-likeness (QED) is 0.360. The van der Waals surface area contributed by atoms with Gasteiger partial charge in [-0.05, 0) is 44.0 Å². The van der Waals surface area contributed by atoms with Crippen LogP contribution < -0.4 is 0 Å². The first-order valence-electron chi connectivity index (χ1n) is 9.15. The number of imidazole rings is 1. The summed E-state index contributed by atoms with van der Waals surface area (Å²) in [7, 11) is 0. The van der Waals surface area contributed by atoms with Crippen molar-refractivity contribution < 1.29 is 9.59 Å². The van der Waals surface area contributed by atoms with Gasteiger partial charge >= 0.3 is 0 Å². The number of fused-ring (bicyclic) bond motifs is 1. The number of carbonyl (C=O) groups excluding carboxylic acids is 2. The van der Waals surface area contributed by atoms with E-state index in [1.54, 1.807) is 36.5 Å². The van der Waals surface area contributed by atoms with Crippen LogP contribution >= 0.6 is 11.6 Å². The second-order valence-electron chi connectivity index (χ2n) is 6.75. The molecule has 0 bridgehead atoms. The van der Waals surface area contributed by atoms with Crippen molar-refractivity contribution in [2.45, 2.75) is 26.3 Å². The first kappa shape index (κ1) is 18.4. The fraction of sp³-hybridized carbons (Fsp3) is 0.238. The summed E-state index contributed by atoms with van der Waals surface area (Å²) in [5.74, 6) is 0.513. The van der Waals surface area contributed by atoms with E-state index in [2.05, 4.69) is 14.5 Å². The summed E-state index contributed by atoms with van der Waals surface area (Å²) in [6.07, 6.45) is 5.27. The summed E-state index contributed by atoms with van der Waals surface area (Å²) < 4.78 is 2.08. The van der Waals surface area contributed by atoms with E-state index in [4.69, 9.17) is 11.6 Å². The minimum absolute atomic E-state index is 0.197. The molecule has 0 N–H and O–H groups in total. The summed E-state index contributed by atoms with van der Waals surface area (Å²) in [6, 6.07) is 10.6. The van der Waals surface area contributed by atoms with Crippen LogP contribution in [0.3, 0.4) is 0 Å². The Kier molecular flexibility index (Phi) is 4.96. The van der Waals surface area contributed by atoms with E-state index in [0.717, 1.165) is 36.5 Å². The average Bonchev–Trinajstić information content (AvgIpc) is 3.18. The number of halogens is 1. The zero-order valence-corrected chi connectivity index (χ0v) is 16.2.